The molecule has 0 aliphatic heterocycles. The van der Waals surface area contributed by atoms with Crippen LogP contribution in [0.25, 0.3) is 0 Å². The third-order valence-electron chi connectivity index (χ3n) is 3.81. The van der Waals surface area contributed by atoms with Crippen LogP contribution >= 0.6 is 0 Å². The Hall–Kier alpha value is -1.32. The summed E-state index contributed by atoms with van der Waals surface area (Å²) in [7, 11) is 0. The lowest BCUT2D eigenvalue weighted by Gasteiger charge is -2.55. The second-order valence-electron chi connectivity index (χ2n) is 4.15. The quantitative estimate of drug-likeness (QED) is 0.652. The molecule has 1 saturated carbocycles. The van der Waals surface area contributed by atoms with E-state index in [2.05, 4.69) is 0 Å². The Labute approximate surface area is 81.2 Å². The molecule has 0 amide bonds. The number of carboxylic acid groups (broad SMARTS) is 2. The zero-order valence-electron chi connectivity index (χ0n) is 7.69. The number of carbonyl (C=O) groups is 2. The van der Waals surface area contributed by atoms with Gasteiger partial charge in [-0.25, -0.2) is 0 Å². The Morgan fingerprint density at radius 3 is 1.50 bits per heavy atom. The molecule has 0 heterocycles. The zero-order chi connectivity index (χ0) is 10.4. The Bertz CT molecular complexity index is 301. The number of allylic oxidation sites excluding steroid dienone is 2. The second kappa shape index (κ2) is 2.59. The van der Waals surface area contributed by atoms with Gasteiger partial charge in [0.25, 0.3) is 0 Å². The Kier molecular flexibility index (Phi) is 1.71. The largest absolute Gasteiger partial charge is 0.481 e. The van der Waals surface area contributed by atoms with Gasteiger partial charge < -0.3 is 10.2 Å². The fourth-order valence-corrected chi connectivity index (χ4v) is 2.69. The van der Waals surface area contributed by atoms with Gasteiger partial charge in [-0.1, -0.05) is 12.2 Å². The summed E-state index contributed by atoms with van der Waals surface area (Å²) in [6, 6.07) is 0. The molecule has 0 spiro atoms. The van der Waals surface area contributed by atoms with Gasteiger partial charge in [-0.05, 0) is 25.7 Å². The summed E-state index contributed by atoms with van der Waals surface area (Å²) in [5.74, 6) is -1.92. The van der Waals surface area contributed by atoms with E-state index in [9.17, 15) is 9.59 Å². The molecule has 2 aliphatic rings. The first-order valence-electron chi connectivity index (χ1n) is 4.67. The van der Waals surface area contributed by atoms with Crippen molar-refractivity contribution in [2.24, 2.45) is 10.8 Å². The van der Waals surface area contributed by atoms with E-state index >= 15 is 0 Å². The van der Waals surface area contributed by atoms with Crippen molar-refractivity contribution in [3.05, 3.63) is 12.2 Å². The molecule has 14 heavy (non-hydrogen) atoms. The van der Waals surface area contributed by atoms with Crippen LogP contribution in [0.5, 0.6) is 0 Å². The van der Waals surface area contributed by atoms with Crippen LogP contribution in [0.15, 0.2) is 12.2 Å². The highest BCUT2D eigenvalue weighted by molar-refractivity contribution is 5.89. The molecule has 4 nitrogen and oxygen atoms in total. The molecule has 76 valence electrons. The number of hydrogen-bond acceptors (Lipinski definition) is 2. The molecule has 2 atom stereocenters. The molecule has 2 N–H and O–H groups in total. The minimum absolute atomic E-state index is 0.356. The van der Waals surface area contributed by atoms with Crippen LogP contribution in [0.4, 0.5) is 0 Å². The fraction of sp³-hybridized carbons (Fsp3) is 0.600. The molecule has 2 aliphatic carbocycles. The lowest BCUT2D eigenvalue weighted by atomic mass is 9.45. The Morgan fingerprint density at radius 2 is 1.29 bits per heavy atom. The molecule has 2 rings (SSSR count). The molecule has 0 bridgehead atoms. The molecule has 0 aromatic carbocycles. The van der Waals surface area contributed by atoms with Crippen LogP contribution in [-0.4, -0.2) is 22.2 Å². The maximum Gasteiger partial charge on any atom is 0.311 e. The molecular weight excluding hydrogens is 184 g/mol. The normalized spacial score (nSPS) is 39.7. The highest BCUT2D eigenvalue weighted by Crippen LogP contribution is 2.63. The molecule has 1 fully saturated rings. The standard InChI is InChI=1S/C10H12O4/c11-7(12)9-3-1-2-4-10(9,6-5-9)8(13)14/h1-2H,3-6H2,(H,11,12)(H,13,14). The lowest BCUT2D eigenvalue weighted by Crippen LogP contribution is -2.60. The van der Waals surface area contributed by atoms with Gasteiger partial charge in [0.2, 0.25) is 0 Å². The molecule has 0 aromatic rings. The maximum atomic E-state index is 11.2. The van der Waals surface area contributed by atoms with Crippen LogP contribution < -0.4 is 0 Å². The molecule has 4 heteroatoms. The van der Waals surface area contributed by atoms with Crippen molar-refractivity contribution in [1.82, 2.24) is 0 Å². The minimum Gasteiger partial charge on any atom is -0.481 e. The van der Waals surface area contributed by atoms with Crippen molar-refractivity contribution in [2.45, 2.75) is 25.7 Å². The van der Waals surface area contributed by atoms with Gasteiger partial charge in [0.05, 0.1) is 10.8 Å². The molecule has 0 saturated heterocycles. The Morgan fingerprint density at radius 1 is 0.929 bits per heavy atom. The maximum absolute atomic E-state index is 11.2. The van der Waals surface area contributed by atoms with E-state index in [-0.39, 0.29) is 0 Å². The van der Waals surface area contributed by atoms with E-state index in [1.54, 1.807) is 12.2 Å². The van der Waals surface area contributed by atoms with Gasteiger partial charge >= 0.3 is 11.9 Å². The SMILES string of the molecule is O=C(O)C12CC=CCC1(C(=O)O)CC2. The van der Waals surface area contributed by atoms with Gasteiger partial charge in [0.15, 0.2) is 0 Å². The number of carboxylic acids is 2. The van der Waals surface area contributed by atoms with Crippen molar-refractivity contribution in [2.75, 3.05) is 0 Å². The second-order valence-corrected chi connectivity index (χ2v) is 4.15. The summed E-state index contributed by atoms with van der Waals surface area (Å²) in [5.41, 5.74) is -2.07. The summed E-state index contributed by atoms with van der Waals surface area (Å²) in [5, 5.41) is 18.3. The number of aliphatic carboxylic acids is 2. The molecule has 0 radical (unpaired) electrons. The van der Waals surface area contributed by atoms with Crippen LogP contribution in [0.1, 0.15) is 25.7 Å². The highest BCUT2D eigenvalue weighted by atomic mass is 16.4. The smallest absolute Gasteiger partial charge is 0.311 e. The van der Waals surface area contributed by atoms with E-state index in [0.717, 1.165) is 0 Å². The van der Waals surface area contributed by atoms with Crippen LogP contribution in [0.3, 0.4) is 0 Å². The summed E-state index contributed by atoms with van der Waals surface area (Å²) < 4.78 is 0. The van der Waals surface area contributed by atoms with Gasteiger partial charge in [0.1, 0.15) is 0 Å². The summed E-state index contributed by atoms with van der Waals surface area (Å²) in [6.07, 6.45) is 5.25. The third-order valence-corrected chi connectivity index (χ3v) is 3.81. The van der Waals surface area contributed by atoms with Crippen molar-refractivity contribution < 1.29 is 19.8 Å². The summed E-state index contributed by atoms with van der Waals surface area (Å²) in [4.78, 5) is 22.3. The van der Waals surface area contributed by atoms with Crippen molar-refractivity contribution in [3.63, 3.8) is 0 Å². The number of hydrogen-bond donors (Lipinski definition) is 2. The first-order chi connectivity index (χ1) is 6.55. The van der Waals surface area contributed by atoms with Crippen LogP contribution in [0.2, 0.25) is 0 Å². The highest BCUT2D eigenvalue weighted by Gasteiger charge is 2.67. The van der Waals surface area contributed by atoms with Crippen molar-refractivity contribution in [3.8, 4) is 0 Å². The predicted octanol–water partition coefficient (Wildman–Crippen LogP) is 1.27. The van der Waals surface area contributed by atoms with E-state index in [4.69, 9.17) is 10.2 Å². The van der Waals surface area contributed by atoms with Crippen LogP contribution in [-0.2, 0) is 9.59 Å². The Balaban J connectivity index is 2.45. The van der Waals surface area contributed by atoms with Gasteiger partial charge in [-0.3, -0.25) is 9.59 Å². The molecule has 2 unspecified atom stereocenters. The third kappa shape index (κ3) is 0.786. The fourth-order valence-electron chi connectivity index (χ4n) is 2.69. The lowest BCUT2D eigenvalue weighted by molar-refractivity contribution is -0.193. The van der Waals surface area contributed by atoms with Crippen molar-refractivity contribution in [1.29, 1.82) is 0 Å². The minimum atomic E-state index is -1.03. The van der Waals surface area contributed by atoms with Gasteiger partial charge in [-0.15, -0.1) is 0 Å². The average molecular weight is 196 g/mol. The van der Waals surface area contributed by atoms with E-state index < -0.39 is 22.8 Å². The van der Waals surface area contributed by atoms with Crippen LogP contribution in [0, 0.1) is 10.8 Å². The first kappa shape index (κ1) is 9.24. The predicted molar refractivity (Wildman–Crippen MR) is 47.7 cm³/mol. The summed E-state index contributed by atoms with van der Waals surface area (Å²) in [6.45, 7) is 0. The van der Waals surface area contributed by atoms with E-state index in [1.807, 2.05) is 0 Å². The van der Waals surface area contributed by atoms with Gasteiger partial charge in [0, 0.05) is 0 Å². The molecular formula is C10H12O4. The monoisotopic (exact) mass is 196 g/mol. The zero-order valence-corrected chi connectivity index (χ0v) is 7.69. The van der Waals surface area contributed by atoms with Crippen molar-refractivity contribution >= 4 is 11.9 Å². The number of fused-ring (bicyclic) bond motifs is 1. The topological polar surface area (TPSA) is 74.6 Å². The van der Waals surface area contributed by atoms with E-state index in [1.165, 1.54) is 0 Å². The number of rotatable bonds is 2. The van der Waals surface area contributed by atoms with E-state index in [0.29, 0.717) is 25.7 Å². The van der Waals surface area contributed by atoms with Gasteiger partial charge in [-0.2, -0.15) is 0 Å². The first-order valence-corrected chi connectivity index (χ1v) is 4.67. The average Bonchev–Trinajstić information content (AvgIpc) is 2.06. The summed E-state index contributed by atoms with van der Waals surface area (Å²) >= 11 is 0. The molecule has 0 aromatic heterocycles.